The normalized spacial score (nSPS) is 11.2. The number of hydrogen-bond acceptors (Lipinski definition) is 4. The Balaban J connectivity index is 1.92. The molecule has 134 valence electrons. The monoisotopic (exact) mass is 355 g/mol. The molecule has 0 aliphatic heterocycles. The molecule has 0 bridgehead atoms. The summed E-state index contributed by atoms with van der Waals surface area (Å²) < 4.78 is 43.4. The highest BCUT2D eigenvalue weighted by atomic mass is 19.4. The van der Waals surface area contributed by atoms with E-state index in [2.05, 4.69) is 10.6 Å². The van der Waals surface area contributed by atoms with E-state index in [-0.39, 0.29) is 36.5 Å². The van der Waals surface area contributed by atoms with Crippen LogP contribution < -0.4 is 16.4 Å². The number of carbonyl (C=O) groups is 2. The standard InChI is InChI=1S/C16H16F3N3O3/c17-16(18,19)11-6-10(9-20)7-12(8-11)22-14(23)3-4-21-15(24)13-2-1-5-25-13/h1-2,5-8H,3-4,9,20H2,(H,21,24)(H,22,23). The summed E-state index contributed by atoms with van der Waals surface area (Å²) in [7, 11) is 0. The summed E-state index contributed by atoms with van der Waals surface area (Å²) in [4.78, 5) is 23.5. The molecule has 25 heavy (non-hydrogen) atoms. The van der Waals surface area contributed by atoms with Crippen LogP contribution in [-0.2, 0) is 17.5 Å². The van der Waals surface area contributed by atoms with Crippen molar-refractivity contribution >= 4 is 17.5 Å². The second-order valence-electron chi connectivity index (χ2n) is 5.15. The molecule has 0 saturated heterocycles. The van der Waals surface area contributed by atoms with Crippen LogP contribution in [0.5, 0.6) is 0 Å². The third-order valence-corrected chi connectivity index (χ3v) is 3.22. The van der Waals surface area contributed by atoms with Gasteiger partial charge in [0.1, 0.15) is 0 Å². The van der Waals surface area contributed by atoms with E-state index >= 15 is 0 Å². The fourth-order valence-corrected chi connectivity index (χ4v) is 2.05. The van der Waals surface area contributed by atoms with Crippen molar-refractivity contribution < 1.29 is 27.2 Å². The van der Waals surface area contributed by atoms with Crippen molar-refractivity contribution in [2.75, 3.05) is 11.9 Å². The first-order chi connectivity index (χ1) is 11.8. The van der Waals surface area contributed by atoms with Gasteiger partial charge in [0.15, 0.2) is 5.76 Å². The maximum Gasteiger partial charge on any atom is 0.416 e. The Kier molecular flexibility index (Phi) is 5.81. The number of alkyl halides is 3. The van der Waals surface area contributed by atoms with E-state index in [1.807, 2.05) is 0 Å². The van der Waals surface area contributed by atoms with Crippen LogP contribution in [0.15, 0.2) is 41.0 Å². The van der Waals surface area contributed by atoms with E-state index in [0.717, 1.165) is 12.1 Å². The van der Waals surface area contributed by atoms with Crippen molar-refractivity contribution in [3.05, 3.63) is 53.5 Å². The largest absolute Gasteiger partial charge is 0.459 e. The molecule has 2 amide bonds. The van der Waals surface area contributed by atoms with Gasteiger partial charge in [-0.1, -0.05) is 0 Å². The van der Waals surface area contributed by atoms with Gasteiger partial charge in [0.05, 0.1) is 11.8 Å². The van der Waals surface area contributed by atoms with E-state index in [1.165, 1.54) is 18.4 Å². The number of halogens is 3. The molecule has 2 rings (SSSR count). The van der Waals surface area contributed by atoms with Crippen molar-refractivity contribution in [2.24, 2.45) is 5.73 Å². The van der Waals surface area contributed by atoms with Crippen LogP contribution in [0.2, 0.25) is 0 Å². The second-order valence-corrected chi connectivity index (χ2v) is 5.15. The molecule has 0 fully saturated rings. The van der Waals surface area contributed by atoms with Crippen molar-refractivity contribution in [1.29, 1.82) is 0 Å². The van der Waals surface area contributed by atoms with Crippen molar-refractivity contribution in [3.63, 3.8) is 0 Å². The van der Waals surface area contributed by atoms with E-state index in [9.17, 15) is 22.8 Å². The smallest absolute Gasteiger partial charge is 0.416 e. The first-order valence-corrected chi connectivity index (χ1v) is 7.32. The van der Waals surface area contributed by atoms with E-state index in [0.29, 0.717) is 0 Å². The predicted molar refractivity (Wildman–Crippen MR) is 83.6 cm³/mol. The number of amides is 2. The lowest BCUT2D eigenvalue weighted by atomic mass is 10.1. The Morgan fingerprint density at radius 3 is 2.56 bits per heavy atom. The zero-order valence-corrected chi connectivity index (χ0v) is 13.0. The zero-order valence-electron chi connectivity index (χ0n) is 13.0. The summed E-state index contributed by atoms with van der Waals surface area (Å²) in [5.74, 6) is -0.921. The van der Waals surface area contributed by atoms with Crippen LogP contribution in [0.4, 0.5) is 18.9 Å². The lowest BCUT2D eigenvalue weighted by Crippen LogP contribution is -2.27. The third kappa shape index (κ3) is 5.35. The highest BCUT2D eigenvalue weighted by Gasteiger charge is 2.31. The lowest BCUT2D eigenvalue weighted by molar-refractivity contribution is -0.137. The van der Waals surface area contributed by atoms with Crippen LogP contribution in [0, 0.1) is 0 Å². The lowest BCUT2D eigenvalue weighted by Gasteiger charge is -2.12. The maximum atomic E-state index is 12.8. The molecule has 0 aliphatic rings. The van der Waals surface area contributed by atoms with Crippen LogP contribution in [-0.4, -0.2) is 18.4 Å². The summed E-state index contributed by atoms with van der Waals surface area (Å²) in [5.41, 5.74) is 4.74. The van der Waals surface area contributed by atoms with Gasteiger partial charge in [0, 0.05) is 25.2 Å². The molecule has 2 aromatic rings. The van der Waals surface area contributed by atoms with Gasteiger partial charge in [0.25, 0.3) is 5.91 Å². The number of carbonyl (C=O) groups excluding carboxylic acids is 2. The van der Waals surface area contributed by atoms with Crippen LogP contribution in [0.3, 0.4) is 0 Å². The minimum Gasteiger partial charge on any atom is -0.459 e. The molecule has 1 aromatic carbocycles. The molecule has 6 nitrogen and oxygen atoms in total. The van der Waals surface area contributed by atoms with Gasteiger partial charge in [-0.2, -0.15) is 13.2 Å². The number of benzene rings is 1. The van der Waals surface area contributed by atoms with Gasteiger partial charge >= 0.3 is 6.18 Å². The number of hydrogen-bond donors (Lipinski definition) is 3. The Morgan fingerprint density at radius 2 is 1.96 bits per heavy atom. The molecule has 0 saturated carbocycles. The molecule has 0 aliphatic carbocycles. The van der Waals surface area contributed by atoms with Gasteiger partial charge in [0.2, 0.25) is 5.91 Å². The maximum absolute atomic E-state index is 12.8. The molecule has 9 heteroatoms. The summed E-state index contributed by atoms with van der Waals surface area (Å²) in [5, 5.41) is 4.83. The molecular formula is C16H16F3N3O3. The quantitative estimate of drug-likeness (QED) is 0.742. The number of anilines is 1. The van der Waals surface area contributed by atoms with Crippen LogP contribution in [0.25, 0.3) is 0 Å². The Bertz CT molecular complexity index is 743. The molecule has 0 spiro atoms. The SMILES string of the molecule is NCc1cc(NC(=O)CCNC(=O)c2ccco2)cc(C(F)(F)F)c1. The number of rotatable bonds is 6. The zero-order chi connectivity index (χ0) is 18.4. The molecule has 0 radical (unpaired) electrons. The Morgan fingerprint density at radius 1 is 1.20 bits per heavy atom. The van der Waals surface area contributed by atoms with Crippen molar-refractivity contribution in [3.8, 4) is 0 Å². The topological polar surface area (TPSA) is 97.4 Å². The second kappa shape index (κ2) is 7.84. The first kappa shape index (κ1) is 18.5. The molecule has 0 unspecified atom stereocenters. The highest BCUT2D eigenvalue weighted by Crippen LogP contribution is 2.32. The predicted octanol–water partition coefficient (Wildman–Crippen LogP) is 2.52. The highest BCUT2D eigenvalue weighted by molar-refractivity contribution is 5.93. The van der Waals surface area contributed by atoms with Gasteiger partial charge < -0.3 is 20.8 Å². The summed E-state index contributed by atoms with van der Waals surface area (Å²) >= 11 is 0. The Hall–Kier alpha value is -2.81. The fraction of sp³-hybridized carbons (Fsp3) is 0.250. The van der Waals surface area contributed by atoms with E-state index in [1.54, 1.807) is 6.07 Å². The van der Waals surface area contributed by atoms with Crippen molar-refractivity contribution in [1.82, 2.24) is 5.32 Å². The summed E-state index contributed by atoms with van der Waals surface area (Å²) in [6.45, 7) is -0.0833. The minimum absolute atomic E-state index is 0.00219. The number of furan rings is 1. The first-order valence-electron chi connectivity index (χ1n) is 7.32. The van der Waals surface area contributed by atoms with E-state index in [4.69, 9.17) is 10.2 Å². The van der Waals surface area contributed by atoms with Crippen molar-refractivity contribution in [2.45, 2.75) is 19.1 Å². The van der Waals surface area contributed by atoms with Gasteiger partial charge in [-0.3, -0.25) is 9.59 Å². The molecular weight excluding hydrogens is 339 g/mol. The third-order valence-electron chi connectivity index (χ3n) is 3.22. The molecule has 1 aromatic heterocycles. The number of nitrogens with two attached hydrogens (primary N) is 1. The number of nitrogens with one attached hydrogen (secondary N) is 2. The summed E-state index contributed by atoms with van der Waals surface area (Å²) in [6.07, 6.45) is -3.31. The Labute approximate surface area is 141 Å². The fourth-order valence-electron chi connectivity index (χ4n) is 2.05. The van der Waals surface area contributed by atoms with Crippen LogP contribution >= 0.6 is 0 Å². The van der Waals surface area contributed by atoms with Crippen LogP contribution in [0.1, 0.15) is 28.1 Å². The molecule has 0 atom stereocenters. The van der Waals surface area contributed by atoms with Gasteiger partial charge in [-0.25, -0.2) is 0 Å². The van der Waals surface area contributed by atoms with Gasteiger partial charge in [-0.15, -0.1) is 0 Å². The van der Waals surface area contributed by atoms with E-state index < -0.39 is 23.6 Å². The average Bonchev–Trinajstić information content (AvgIpc) is 3.08. The summed E-state index contributed by atoms with van der Waals surface area (Å²) in [6, 6.07) is 6.14. The van der Waals surface area contributed by atoms with Gasteiger partial charge in [-0.05, 0) is 35.9 Å². The molecule has 4 N–H and O–H groups in total. The molecule has 1 heterocycles. The minimum atomic E-state index is -4.54. The average molecular weight is 355 g/mol.